The fraction of sp³-hybridized carbons (Fsp3) is 0.286. The van der Waals surface area contributed by atoms with Gasteiger partial charge in [-0.05, 0) is 41.9 Å². The van der Waals surface area contributed by atoms with Gasteiger partial charge in [-0.15, -0.1) is 0 Å². The molecule has 1 fully saturated rings. The highest BCUT2D eigenvalue weighted by molar-refractivity contribution is 6.00. The predicted octanol–water partition coefficient (Wildman–Crippen LogP) is 1.39. The van der Waals surface area contributed by atoms with Crippen LogP contribution in [0.4, 0.5) is 0 Å². The number of hydrazine groups is 1. The van der Waals surface area contributed by atoms with E-state index in [0.717, 1.165) is 6.42 Å². The van der Waals surface area contributed by atoms with Gasteiger partial charge in [-0.2, -0.15) is 0 Å². The van der Waals surface area contributed by atoms with Crippen molar-refractivity contribution in [3.05, 3.63) is 35.9 Å². The third-order valence-electron chi connectivity index (χ3n) is 3.37. The van der Waals surface area contributed by atoms with Gasteiger partial charge in [0, 0.05) is 24.2 Å². The van der Waals surface area contributed by atoms with Crippen molar-refractivity contribution >= 4 is 22.8 Å². The molecule has 1 saturated heterocycles. The average molecular weight is 286 g/mol. The first-order chi connectivity index (χ1) is 10.1. The van der Waals surface area contributed by atoms with Crippen LogP contribution in [-0.2, 0) is 4.79 Å². The summed E-state index contributed by atoms with van der Waals surface area (Å²) in [5.74, 6) is -0.475. The van der Waals surface area contributed by atoms with Gasteiger partial charge in [0.25, 0.3) is 11.8 Å². The van der Waals surface area contributed by atoms with Crippen LogP contribution in [0.25, 0.3) is 11.0 Å². The van der Waals surface area contributed by atoms with Crippen LogP contribution in [0.5, 0.6) is 0 Å². The summed E-state index contributed by atoms with van der Waals surface area (Å²) in [7, 11) is 0. The fourth-order valence-corrected chi connectivity index (χ4v) is 2.32. The Bertz CT molecular complexity index is 737. The zero-order valence-corrected chi connectivity index (χ0v) is 11.6. The second-order valence-corrected chi connectivity index (χ2v) is 4.96. The second kappa shape index (κ2) is 5.01. The largest absolute Gasteiger partial charge is 0.272 e. The van der Waals surface area contributed by atoms with Crippen LogP contribution in [0.2, 0.25) is 0 Å². The number of carbonyl (C=O) groups excluding carboxylic acids is 2. The summed E-state index contributed by atoms with van der Waals surface area (Å²) >= 11 is 0. The monoisotopic (exact) mass is 286 g/mol. The van der Waals surface area contributed by atoms with Crippen LogP contribution < -0.4 is 0 Å². The lowest BCUT2D eigenvalue weighted by Gasteiger charge is -2.28. The topological polar surface area (TPSA) is 79.5 Å². The maximum Gasteiger partial charge on any atom is 0.272 e. The molecule has 2 amide bonds. The molecule has 0 unspecified atom stereocenters. The molecule has 0 radical (unpaired) electrons. The van der Waals surface area contributed by atoms with Gasteiger partial charge in [0.15, 0.2) is 0 Å². The Balaban J connectivity index is 1.89. The number of benzene rings is 1. The van der Waals surface area contributed by atoms with Gasteiger partial charge < -0.3 is 0 Å². The Hall–Kier alpha value is -2.70. The van der Waals surface area contributed by atoms with E-state index < -0.39 is 0 Å². The Morgan fingerprint density at radius 3 is 2.67 bits per heavy atom. The maximum absolute atomic E-state index is 12.6. The molecule has 21 heavy (non-hydrogen) atoms. The van der Waals surface area contributed by atoms with Crippen LogP contribution in [0.15, 0.2) is 35.0 Å². The van der Waals surface area contributed by atoms with Crippen molar-refractivity contribution in [2.24, 2.45) is 0 Å². The fourth-order valence-electron chi connectivity index (χ4n) is 2.32. The van der Waals surface area contributed by atoms with E-state index in [4.69, 9.17) is 0 Å². The highest BCUT2D eigenvalue weighted by Gasteiger charge is 2.31. The summed E-state index contributed by atoms with van der Waals surface area (Å²) < 4.78 is 4.61. The number of hydrogen-bond donors (Lipinski definition) is 0. The van der Waals surface area contributed by atoms with E-state index in [9.17, 15) is 9.59 Å². The van der Waals surface area contributed by atoms with Crippen molar-refractivity contribution in [2.45, 2.75) is 13.3 Å². The van der Waals surface area contributed by atoms with Crippen molar-refractivity contribution in [3.63, 3.8) is 0 Å². The summed E-state index contributed by atoms with van der Waals surface area (Å²) in [6, 6.07) is 4.92. The van der Waals surface area contributed by atoms with E-state index in [1.807, 2.05) is 0 Å². The summed E-state index contributed by atoms with van der Waals surface area (Å²) in [6.07, 6.45) is 0.749. The SMILES string of the molecule is C=C(C)C(=O)N1CCCN1C(=O)c1ccc2nonc2c1. The third kappa shape index (κ3) is 2.26. The Labute approximate surface area is 120 Å². The van der Waals surface area contributed by atoms with E-state index in [1.165, 1.54) is 10.0 Å². The number of rotatable bonds is 2. The maximum atomic E-state index is 12.6. The van der Waals surface area contributed by atoms with Gasteiger partial charge in [0.05, 0.1) is 0 Å². The predicted molar refractivity (Wildman–Crippen MR) is 74.0 cm³/mol. The number of amides is 2. The number of fused-ring (bicyclic) bond motifs is 1. The molecule has 1 aliphatic rings. The van der Waals surface area contributed by atoms with Crippen LogP contribution in [0.3, 0.4) is 0 Å². The third-order valence-corrected chi connectivity index (χ3v) is 3.37. The highest BCUT2D eigenvalue weighted by Crippen LogP contribution is 2.19. The molecule has 1 aliphatic heterocycles. The Morgan fingerprint density at radius 1 is 1.19 bits per heavy atom. The molecule has 108 valence electrons. The van der Waals surface area contributed by atoms with Crippen molar-refractivity contribution < 1.29 is 14.2 Å². The van der Waals surface area contributed by atoms with Crippen molar-refractivity contribution in [1.29, 1.82) is 0 Å². The smallest absolute Gasteiger partial charge is 0.268 e. The van der Waals surface area contributed by atoms with E-state index in [0.29, 0.717) is 35.3 Å². The lowest BCUT2D eigenvalue weighted by molar-refractivity contribution is -0.136. The first-order valence-electron chi connectivity index (χ1n) is 6.59. The minimum atomic E-state index is -0.244. The molecular formula is C14H14N4O3. The van der Waals surface area contributed by atoms with Crippen molar-refractivity contribution in [1.82, 2.24) is 20.3 Å². The average Bonchev–Trinajstić information content (AvgIpc) is 3.13. The molecule has 2 aromatic rings. The zero-order valence-electron chi connectivity index (χ0n) is 11.6. The van der Waals surface area contributed by atoms with Gasteiger partial charge >= 0.3 is 0 Å². The van der Waals surface area contributed by atoms with Crippen molar-refractivity contribution in [2.75, 3.05) is 13.1 Å². The molecule has 0 atom stereocenters. The molecular weight excluding hydrogens is 272 g/mol. The first kappa shape index (κ1) is 13.3. The first-order valence-corrected chi connectivity index (χ1v) is 6.59. The molecule has 7 nitrogen and oxygen atoms in total. The van der Waals surface area contributed by atoms with Crippen LogP contribution >= 0.6 is 0 Å². The summed E-state index contributed by atoms with van der Waals surface area (Å²) in [5, 5.41) is 10.3. The van der Waals surface area contributed by atoms with E-state index in [-0.39, 0.29) is 11.8 Å². The number of aromatic nitrogens is 2. The Morgan fingerprint density at radius 2 is 1.90 bits per heavy atom. The van der Waals surface area contributed by atoms with Gasteiger partial charge in [-0.3, -0.25) is 9.59 Å². The normalized spacial score (nSPS) is 14.7. The molecule has 0 aliphatic carbocycles. The lowest BCUT2D eigenvalue weighted by atomic mass is 10.2. The van der Waals surface area contributed by atoms with Gasteiger partial charge in [0.2, 0.25) is 0 Å². The van der Waals surface area contributed by atoms with Crippen LogP contribution in [0.1, 0.15) is 23.7 Å². The minimum absolute atomic E-state index is 0.231. The lowest BCUT2D eigenvalue weighted by Crippen LogP contribution is -2.45. The molecule has 0 N–H and O–H groups in total. The molecule has 3 rings (SSSR count). The van der Waals surface area contributed by atoms with Crippen LogP contribution in [-0.4, -0.2) is 45.2 Å². The number of nitrogens with zero attached hydrogens (tertiary/aromatic N) is 4. The van der Waals surface area contributed by atoms with E-state index >= 15 is 0 Å². The van der Waals surface area contributed by atoms with E-state index in [2.05, 4.69) is 21.5 Å². The minimum Gasteiger partial charge on any atom is -0.268 e. The second-order valence-electron chi connectivity index (χ2n) is 4.96. The highest BCUT2D eigenvalue weighted by atomic mass is 16.6. The van der Waals surface area contributed by atoms with Gasteiger partial charge in [-0.25, -0.2) is 14.6 Å². The molecule has 1 aromatic carbocycles. The molecule has 0 bridgehead atoms. The summed E-state index contributed by atoms with van der Waals surface area (Å²) in [6.45, 7) is 6.30. The molecule has 1 aromatic heterocycles. The molecule has 0 spiro atoms. The number of carbonyl (C=O) groups is 2. The molecule has 2 heterocycles. The number of hydrogen-bond acceptors (Lipinski definition) is 5. The standard InChI is InChI=1S/C14H14N4O3/c1-9(2)13(19)17-6-3-7-18(17)14(20)10-4-5-11-12(8-10)16-21-15-11/h4-5,8H,1,3,6-7H2,2H3. The van der Waals surface area contributed by atoms with E-state index in [1.54, 1.807) is 25.1 Å². The summed E-state index contributed by atoms with van der Waals surface area (Å²) in [5.41, 5.74) is 1.95. The van der Waals surface area contributed by atoms with Gasteiger partial charge in [-0.1, -0.05) is 6.58 Å². The molecule has 7 heteroatoms. The van der Waals surface area contributed by atoms with Crippen LogP contribution in [0, 0.1) is 0 Å². The van der Waals surface area contributed by atoms with Crippen molar-refractivity contribution in [3.8, 4) is 0 Å². The quantitative estimate of drug-likeness (QED) is 0.779. The zero-order chi connectivity index (χ0) is 15.0. The van der Waals surface area contributed by atoms with Gasteiger partial charge in [0.1, 0.15) is 11.0 Å². The Kier molecular flexibility index (Phi) is 3.17. The molecule has 0 saturated carbocycles. The summed E-state index contributed by atoms with van der Waals surface area (Å²) in [4.78, 5) is 24.6.